The standard InChI is InChI=1S/C24H20Cl2N4O3S/c1-32-21-11-4-6-15(23(21)33-13-16-17(25)7-5-8-18(16)26)12-27-30-22(31)14-34-24-28-19-9-2-3-10-20(19)29-24/h2-12H,13-14H2,1H3,(H,28,29)(H,30,31)/b27-12+. The van der Waals surface area contributed by atoms with E-state index in [1.807, 2.05) is 24.3 Å². The van der Waals surface area contributed by atoms with Gasteiger partial charge in [0.1, 0.15) is 6.61 Å². The van der Waals surface area contributed by atoms with Crippen LogP contribution >= 0.6 is 35.0 Å². The molecule has 1 heterocycles. The molecule has 10 heteroatoms. The normalized spacial score (nSPS) is 11.1. The lowest BCUT2D eigenvalue weighted by Gasteiger charge is -2.14. The van der Waals surface area contributed by atoms with Gasteiger partial charge in [-0.3, -0.25) is 4.79 Å². The molecule has 0 fully saturated rings. The van der Waals surface area contributed by atoms with Crippen LogP contribution in [0.25, 0.3) is 11.0 Å². The van der Waals surface area contributed by atoms with Gasteiger partial charge in [0.2, 0.25) is 0 Å². The first-order chi connectivity index (χ1) is 16.5. The molecule has 34 heavy (non-hydrogen) atoms. The molecular formula is C24H20Cl2N4O3S. The van der Waals surface area contributed by atoms with Crippen molar-refractivity contribution >= 4 is 58.1 Å². The van der Waals surface area contributed by atoms with E-state index in [1.165, 1.54) is 18.0 Å². The third-order valence-electron chi connectivity index (χ3n) is 4.75. The van der Waals surface area contributed by atoms with Crippen LogP contribution < -0.4 is 14.9 Å². The first-order valence-electron chi connectivity index (χ1n) is 10.2. The number of hydrazone groups is 1. The fourth-order valence-corrected chi connectivity index (χ4v) is 4.29. The Bertz CT molecular complexity index is 1290. The minimum absolute atomic E-state index is 0.139. The van der Waals surface area contributed by atoms with E-state index in [9.17, 15) is 4.79 Å². The lowest BCUT2D eigenvalue weighted by atomic mass is 10.2. The second-order valence-electron chi connectivity index (χ2n) is 7.01. The summed E-state index contributed by atoms with van der Waals surface area (Å²) in [5.41, 5.74) is 5.58. The number of halogens is 2. The highest BCUT2D eigenvalue weighted by Crippen LogP contribution is 2.33. The van der Waals surface area contributed by atoms with Crippen molar-refractivity contribution in [2.24, 2.45) is 5.10 Å². The molecule has 0 atom stereocenters. The predicted octanol–water partition coefficient (Wildman–Crippen LogP) is 5.70. The molecule has 2 N–H and O–H groups in total. The van der Waals surface area contributed by atoms with Crippen LogP contribution in [0.4, 0.5) is 0 Å². The molecule has 1 aromatic heterocycles. The van der Waals surface area contributed by atoms with Gasteiger partial charge in [-0.05, 0) is 36.4 Å². The summed E-state index contributed by atoms with van der Waals surface area (Å²) in [4.78, 5) is 19.9. The Balaban J connectivity index is 1.39. The SMILES string of the molecule is COc1cccc(/C=N/NC(=O)CSc2nc3ccccc3[nH]2)c1OCc1c(Cl)cccc1Cl. The number of H-pyrrole nitrogens is 1. The summed E-state index contributed by atoms with van der Waals surface area (Å²) in [5.74, 6) is 0.855. The van der Waals surface area contributed by atoms with E-state index < -0.39 is 0 Å². The molecule has 0 aliphatic carbocycles. The molecule has 174 valence electrons. The van der Waals surface area contributed by atoms with Gasteiger partial charge in [0.15, 0.2) is 16.7 Å². The zero-order valence-corrected chi connectivity index (χ0v) is 20.4. The van der Waals surface area contributed by atoms with Gasteiger partial charge in [-0.1, -0.05) is 59.2 Å². The molecule has 0 unspecified atom stereocenters. The number of benzene rings is 3. The van der Waals surface area contributed by atoms with Gasteiger partial charge >= 0.3 is 0 Å². The summed E-state index contributed by atoms with van der Waals surface area (Å²) in [6, 6.07) is 18.3. The number of carbonyl (C=O) groups excluding carboxylic acids is 1. The van der Waals surface area contributed by atoms with Crippen molar-refractivity contribution in [3.63, 3.8) is 0 Å². The van der Waals surface area contributed by atoms with Crippen LogP contribution in [0.3, 0.4) is 0 Å². The van der Waals surface area contributed by atoms with Crippen LogP contribution in [0.5, 0.6) is 11.5 Å². The summed E-state index contributed by atoms with van der Waals surface area (Å²) >= 11 is 13.8. The van der Waals surface area contributed by atoms with Gasteiger partial charge < -0.3 is 14.5 Å². The number of ether oxygens (including phenoxy) is 2. The fraction of sp³-hybridized carbons (Fsp3) is 0.125. The van der Waals surface area contributed by atoms with Gasteiger partial charge in [-0.25, -0.2) is 10.4 Å². The van der Waals surface area contributed by atoms with Crippen molar-refractivity contribution in [1.82, 2.24) is 15.4 Å². The lowest BCUT2D eigenvalue weighted by molar-refractivity contribution is -0.118. The van der Waals surface area contributed by atoms with Crippen LogP contribution in [0, 0.1) is 0 Å². The first-order valence-corrected chi connectivity index (χ1v) is 11.9. The number of rotatable bonds is 9. The second kappa shape index (κ2) is 11.3. The summed E-state index contributed by atoms with van der Waals surface area (Å²) < 4.78 is 11.4. The Hall–Kier alpha value is -3.20. The number of amides is 1. The Labute approximate surface area is 210 Å². The van der Waals surface area contributed by atoms with Gasteiger partial charge in [0.25, 0.3) is 5.91 Å². The number of hydrogen-bond acceptors (Lipinski definition) is 6. The Morgan fingerprint density at radius 1 is 1.12 bits per heavy atom. The molecule has 0 bridgehead atoms. The molecule has 7 nitrogen and oxygen atoms in total. The number of thioether (sulfide) groups is 1. The first kappa shape index (κ1) is 23.9. The van der Waals surface area contributed by atoms with Gasteiger partial charge in [-0.15, -0.1) is 0 Å². The summed E-state index contributed by atoms with van der Waals surface area (Å²) in [5, 5.41) is 5.75. The van der Waals surface area contributed by atoms with Gasteiger partial charge in [-0.2, -0.15) is 5.10 Å². The molecule has 0 radical (unpaired) electrons. The largest absolute Gasteiger partial charge is 0.493 e. The maximum Gasteiger partial charge on any atom is 0.250 e. The number of nitrogens with one attached hydrogen (secondary N) is 2. The Kier molecular flexibility index (Phi) is 7.95. The minimum atomic E-state index is -0.269. The third kappa shape index (κ3) is 5.83. The third-order valence-corrected chi connectivity index (χ3v) is 6.33. The Morgan fingerprint density at radius 2 is 1.88 bits per heavy atom. The summed E-state index contributed by atoms with van der Waals surface area (Å²) in [6.07, 6.45) is 1.50. The number of nitrogens with zero attached hydrogens (tertiary/aromatic N) is 2. The molecule has 4 rings (SSSR count). The van der Waals surface area contributed by atoms with Crippen LogP contribution in [0.15, 0.2) is 70.9 Å². The number of aromatic amines is 1. The second-order valence-corrected chi connectivity index (χ2v) is 8.79. The smallest absolute Gasteiger partial charge is 0.250 e. The monoisotopic (exact) mass is 514 g/mol. The van der Waals surface area contributed by atoms with Crippen molar-refractivity contribution in [1.29, 1.82) is 0 Å². The number of methoxy groups -OCH3 is 1. The number of para-hydroxylation sites is 3. The van der Waals surface area contributed by atoms with E-state index in [0.29, 0.717) is 37.8 Å². The van der Waals surface area contributed by atoms with Crippen molar-refractivity contribution in [2.45, 2.75) is 11.8 Å². The molecule has 1 amide bonds. The summed E-state index contributed by atoms with van der Waals surface area (Å²) in [6.45, 7) is 0.139. The zero-order chi connectivity index (χ0) is 23.9. The number of hydrogen-bond donors (Lipinski definition) is 2. The highest BCUT2D eigenvalue weighted by atomic mass is 35.5. The highest BCUT2D eigenvalue weighted by molar-refractivity contribution is 7.99. The molecule has 0 aliphatic rings. The van der Waals surface area contributed by atoms with Crippen LogP contribution in [0.2, 0.25) is 10.0 Å². The highest BCUT2D eigenvalue weighted by Gasteiger charge is 2.13. The van der Waals surface area contributed by atoms with E-state index in [-0.39, 0.29) is 18.3 Å². The van der Waals surface area contributed by atoms with Crippen LogP contribution in [-0.2, 0) is 11.4 Å². The topological polar surface area (TPSA) is 88.6 Å². The molecule has 0 saturated carbocycles. The number of carbonyl (C=O) groups is 1. The van der Waals surface area contributed by atoms with Gasteiger partial charge in [0.05, 0.1) is 30.1 Å². The maximum absolute atomic E-state index is 12.2. The van der Waals surface area contributed by atoms with Gasteiger partial charge in [0, 0.05) is 21.2 Å². The van der Waals surface area contributed by atoms with E-state index in [2.05, 4.69) is 20.5 Å². The van der Waals surface area contributed by atoms with Crippen LogP contribution in [-0.4, -0.2) is 35.0 Å². The van der Waals surface area contributed by atoms with Crippen molar-refractivity contribution in [3.8, 4) is 11.5 Å². The van der Waals surface area contributed by atoms with E-state index in [4.69, 9.17) is 32.7 Å². The lowest BCUT2D eigenvalue weighted by Crippen LogP contribution is -2.19. The van der Waals surface area contributed by atoms with Crippen LogP contribution in [0.1, 0.15) is 11.1 Å². The Morgan fingerprint density at radius 3 is 2.65 bits per heavy atom. The number of imidazole rings is 1. The van der Waals surface area contributed by atoms with Crippen molar-refractivity contribution < 1.29 is 14.3 Å². The zero-order valence-electron chi connectivity index (χ0n) is 18.0. The van der Waals surface area contributed by atoms with Crippen molar-refractivity contribution in [3.05, 3.63) is 81.8 Å². The average Bonchev–Trinajstić information content (AvgIpc) is 3.26. The predicted molar refractivity (Wildman–Crippen MR) is 136 cm³/mol. The number of fused-ring (bicyclic) bond motifs is 1. The molecular weight excluding hydrogens is 495 g/mol. The molecule has 3 aromatic carbocycles. The fourth-order valence-electron chi connectivity index (χ4n) is 3.10. The quantitative estimate of drug-likeness (QED) is 0.170. The minimum Gasteiger partial charge on any atom is -0.493 e. The summed E-state index contributed by atoms with van der Waals surface area (Å²) in [7, 11) is 1.54. The van der Waals surface area contributed by atoms with Crippen molar-refractivity contribution in [2.75, 3.05) is 12.9 Å². The van der Waals surface area contributed by atoms with E-state index >= 15 is 0 Å². The van der Waals surface area contributed by atoms with E-state index in [1.54, 1.807) is 43.5 Å². The molecule has 4 aromatic rings. The molecule has 0 spiro atoms. The average molecular weight is 515 g/mol. The number of aromatic nitrogens is 2. The molecule has 0 saturated heterocycles. The molecule has 0 aliphatic heterocycles. The maximum atomic E-state index is 12.2. The van der Waals surface area contributed by atoms with E-state index in [0.717, 1.165) is 11.0 Å².